The maximum Gasteiger partial charge on any atom is 0.0491 e. The van der Waals surface area contributed by atoms with Gasteiger partial charge in [0.15, 0.2) is 0 Å². The summed E-state index contributed by atoms with van der Waals surface area (Å²) >= 11 is 0. The van der Waals surface area contributed by atoms with Gasteiger partial charge in [-0.15, -0.1) is 0 Å². The molecule has 0 atom stereocenters. The second kappa shape index (κ2) is 16.2. The first-order valence-corrected chi connectivity index (χ1v) is 20.1. The third kappa shape index (κ3) is 6.80. The minimum absolute atomic E-state index is 0. The summed E-state index contributed by atoms with van der Waals surface area (Å²) in [5.41, 5.74) is 17.2. The fourth-order valence-corrected chi connectivity index (χ4v) is 8.66. The molecule has 8 aromatic carbocycles. The van der Waals surface area contributed by atoms with Crippen LogP contribution in [0.4, 0.5) is 0 Å². The van der Waals surface area contributed by atoms with Gasteiger partial charge in [0.1, 0.15) is 0 Å². The van der Waals surface area contributed by atoms with Gasteiger partial charge in [-0.25, -0.2) is 0 Å². The Morgan fingerprint density at radius 2 is 0.579 bits per heavy atom. The van der Waals surface area contributed by atoms with Gasteiger partial charge >= 0.3 is 0 Å². The molecule has 0 aliphatic carbocycles. The zero-order valence-corrected chi connectivity index (χ0v) is 34.5. The van der Waals surface area contributed by atoms with Crippen molar-refractivity contribution in [2.24, 2.45) is 0 Å². The molecular weight excluding hydrogens is 728 g/mol. The second-order valence-electron chi connectivity index (χ2n) is 14.3. The molecule has 2 aromatic heterocycles. The summed E-state index contributed by atoms with van der Waals surface area (Å²) in [4.78, 5) is 0. The maximum absolute atomic E-state index is 2.43. The van der Waals surface area contributed by atoms with Crippen molar-refractivity contribution in [2.75, 3.05) is 0 Å². The van der Waals surface area contributed by atoms with Crippen molar-refractivity contribution in [3.05, 3.63) is 182 Å². The SMILES string of the molecule is CC.CCn1c2ccccc2c2cc(-c3cc(-c4cc(-c5ccccc5)cc(-c5ccccc5)c4)cc(-c4ccc5c(c4)c4ccccc4n5CC)c3)ccc21.[V]. The largest absolute Gasteiger partial charge is 0.341 e. The number of aryl methyl sites for hydroxylation is 2. The Balaban J connectivity index is 0.00000149. The van der Waals surface area contributed by atoms with Gasteiger partial charge in [-0.05, 0) is 142 Å². The quantitative estimate of drug-likeness (QED) is 0.153. The molecule has 3 heteroatoms. The van der Waals surface area contributed by atoms with E-state index in [0.29, 0.717) is 0 Å². The Labute approximate surface area is 347 Å². The van der Waals surface area contributed by atoms with E-state index in [-0.39, 0.29) is 18.6 Å². The van der Waals surface area contributed by atoms with Gasteiger partial charge < -0.3 is 9.13 Å². The molecule has 57 heavy (non-hydrogen) atoms. The molecule has 10 aromatic rings. The van der Waals surface area contributed by atoms with Crippen LogP contribution in [0.15, 0.2) is 182 Å². The molecule has 0 unspecified atom stereocenters. The average Bonchev–Trinajstić information content (AvgIpc) is 3.78. The maximum atomic E-state index is 2.43. The average molecular weight is 774 g/mol. The topological polar surface area (TPSA) is 9.86 Å². The monoisotopic (exact) mass is 773 g/mol. The molecule has 0 aliphatic rings. The van der Waals surface area contributed by atoms with E-state index in [1.165, 1.54) is 99.2 Å². The van der Waals surface area contributed by atoms with E-state index in [2.05, 4.69) is 205 Å². The van der Waals surface area contributed by atoms with E-state index < -0.39 is 0 Å². The number of rotatable bonds is 7. The molecule has 0 aliphatic heterocycles. The molecule has 0 bridgehead atoms. The van der Waals surface area contributed by atoms with Crippen LogP contribution in [0, 0.1) is 0 Å². The Morgan fingerprint density at radius 1 is 0.281 bits per heavy atom. The summed E-state index contributed by atoms with van der Waals surface area (Å²) in [5, 5.41) is 5.19. The zero-order valence-electron chi connectivity index (χ0n) is 33.1. The summed E-state index contributed by atoms with van der Waals surface area (Å²) in [7, 11) is 0. The van der Waals surface area contributed by atoms with E-state index in [9.17, 15) is 0 Å². The standard InChI is InChI=1S/C52H40N2.C2H6.V/c1-3-53-49-21-13-11-19-45(49)47-33-37(23-25-51(47)53)41-30-42(38-24-26-52-48(34-38)46-20-12-14-22-50(46)54(52)4-2)32-44(31-41)43-28-39(35-15-7-5-8-16-35)27-40(29-43)36-17-9-6-10-18-36;1-2;/h5-34H,3-4H2,1-2H3;1-2H3;. The number of benzene rings is 8. The molecule has 2 nitrogen and oxygen atoms in total. The Hall–Kier alpha value is -6.06. The first-order valence-electron chi connectivity index (χ1n) is 20.1. The number of aromatic nitrogens is 2. The molecule has 0 spiro atoms. The van der Waals surface area contributed by atoms with Crippen molar-refractivity contribution in [3.8, 4) is 55.6 Å². The van der Waals surface area contributed by atoms with E-state index in [0.717, 1.165) is 13.1 Å². The van der Waals surface area contributed by atoms with Gasteiger partial charge in [0.2, 0.25) is 0 Å². The van der Waals surface area contributed by atoms with E-state index in [1.54, 1.807) is 0 Å². The van der Waals surface area contributed by atoms with Crippen LogP contribution < -0.4 is 0 Å². The van der Waals surface area contributed by atoms with E-state index in [4.69, 9.17) is 0 Å². The summed E-state index contributed by atoms with van der Waals surface area (Å²) in [6.07, 6.45) is 0. The number of para-hydroxylation sites is 2. The first kappa shape index (κ1) is 37.8. The Kier molecular flexibility index (Phi) is 10.8. The van der Waals surface area contributed by atoms with Crippen molar-refractivity contribution in [3.63, 3.8) is 0 Å². The van der Waals surface area contributed by atoms with E-state index >= 15 is 0 Å². The summed E-state index contributed by atoms with van der Waals surface area (Å²) < 4.78 is 4.86. The molecule has 10 rings (SSSR count). The number of fused-ring (bicyclic) bond motifs is 6. The molecule has 0 amide bonds. The molecule has 1 radical (unpaired) electrons. The molecule has 0 N–H and O–H groups in total. The third-order valence-corrected chi connectivity index (χ3v) is 11.3. The summed E-state index contributed by atoms with van der Waals surface area (Å²) in [6.45, 7) is 10.3. The predicted molar refractivity (Wildman–Crippen MR) is 242 cm³/mol. The van der Waals surface area contributed by atoms with Crippen LogP contribution in [0.1, 0.15) is 27.7 Å². The fraction of sp³-hybridized carbons (Fsp3) is 0.111. The van der Waals surface area contributed by atoms with Crippen molar-refractivity contribution in [2.45, 2.75) is 40.8 Å². The van der Waals surface area contributed by atoms with Gasteiger partial charge in [-0.2, -0.15) is 0 Å². The van der Waals surface area contributed by atoms with Crippen molar-refractivity contribution in [1.82, 2.24) is 9.13 Å². The van der Waals surface area contributed by atoms with Gasteiger partial charge in [0.25, 0.3) is 0 Å². The van der Waals surface area contributed by atoms with Gasteiger partial charge in [0.05, 0.1) is 0 Å². The predicted octanol–water partition coefficient (Wildman–Crippen LogP) is 15.3. The first-order chi connectivity index (χ1) is 27.7. The van der Waals surface area contributed by atoms with Crippen LogP contribution in [-0.2, 0) is 31.6 Å². The second-order valence-corrected chi connectivity index (χ2v) is 14.3. The minimum atomic E-state index is 0. The molecular formula is C54H46N2V. The van der Waals surface area contributed by atoms with Gasteiger partial charge in [-0.1, -0.05) is 123 Å². The summed E-state index contributed by atoms with van der Waals surface area (Å²) in [5.74, 6) is 0. The fourth-order valence-electron chi connectivity index (χ4n) is 8.66. The van der Waals surface area contributed by atoms with Crippen LogP contribution in [0.2, 0.25) is 0 Å². The molecule has 277 valence electrons. The third-order valence-electron chi connectivity index (χ3n) is 11.3. The Bertz CT molecular complexity index is 2810. The van der Waals surface area contributed by atoms with Crippen molar-refractivity contribution in [1.29, 1.82) is 0 Å². The molecule has 0 saturated carbocycles. The minimum Gasteiger partial charge on any atom is -0.341 e. The normalized spacial score (nSPS) is 11.2. The van der Waals surface area contributed by atoms with Crippen LogP contribution in [-0.4, -0.2) is 9.13 Å². The van der Waals surface area contributed by atoms with E-state index in [1.807, 2.05) is 13.8 Å². The Morgan fingerprint density at radius 3 is 0.947 bits per heavy atom. The zero-order chi connectivity index (χ0) is 38.2. The van der Waals surface area contributed by atoms with Crippen molar-refractivity contribution < 1.29 is 18.6 Å². The van der Waals surface area contributed by atoms with Gasteiger partial charge in [-0.3, -0.25) is 0 Å². The molecule has 2 heterocycles. The smallest absolute Gasteiger partial charge is 0.0491 e. The summed E-state index contributed by atoms with van der Waals surface area (Å²) in [6, 6.07) is 67.4. The number of hydrogen-bond donors (Lipinski definition) is 0. The van der Waals surface area contributed by atoms with Crippen LogP contribution in [0.25, 0.3) is 99.2 Å². The van der Waals surface area contributed by atoms with Crippen molar-refractivity contribution >= 4 is 43.6 Å². The number of hydrogen-bond acceptors (Lipinski definition) is 0. The van der Waals surface area contributed by atoms with Gasteiger partial charge in [0, 0.05) is 75.3 Å². The van der Waals surface area contributed by atoms with Crippen LogP contribution in [0.3, 0.4) is 0 Å². The number of nitrogens with zero attached hydrogens (tertiary/aromatic N) is 2. The van der Waals surface area contributed by atoms with Crippen LogP contribution >= 0.6 is 0 Å². The molecule has 0 saturated heterocycles. The molecule has 0 fully saturated rings. The van der Waals surface area contributed by atoms with Crippen LogP contribution in [0.5, 0.6) is 0 Å².